The molecule has 1 N–H and O–H groups in total. The van der Waals surface area contributed by atoms with Crippen LogP contribution < -0.4 is 15.3 Å². The Kier molecular flexibility index (Phi) is 5.08. The van der Waals surface area contributed by atoms with Crippen LogP contribution in [0.5, 0.6) is 5.75 Å². The van der Waals surface area contributed by atoms with Gasteiger partial charge in [0.05, 0.1) is 25.3 Å². The number of H-pyrrole nitrogens is 1. The van der Waals surface area contributed by atoms with Gasteiger partial charge in [0.25, 0.3) is 0 Å². The molecule has 0 radical (unpaired) electrons. The normalized spacial score (nSPS) is 20.4. The largest absolute Gasteiger partial charge is 0.496 e. The lowest BCUT2D eigenvalue weighted by Crippen LogP contribution is -2.31. The number of esters is 1. The summed E-state index contributed by atoms with van der Waals surface area (Å²) in [4.78, 5) is 16.1. The van der Waals surface area contributed by atoms with E-state index in [0.717, 1.165) is 29.2 Å². The van der Waals surface area contributed by atoms with Crippen molar-refractivity contribution in [1.82, 2.24) is 9.55 Å². The van der Waals surface area contributed by atoms with Crippen LogP contribution in [-0.2, 0) is 4.74 Å². The van der Waals surface area contributed by atoms with E-state index in [1.807, 2.05) is 6.20 Å². The third-order valence-corrected chi connectivity index (χ3v) is 8.16. The first kappa shape index (κ1) is 20.6. The van der Waals surface area contributed by atoms with Crippen molar-refractivity contribution in [2.75, 3.05) is 14.2 Å². The van der Waals surface area contributed by atoms with E-state index in [4.69, 9.17) is 9.47 Å². The molecule has 2 saturated carbocycles. The van der Waals surface area contributed by atoms with Crippen molar-refractivity contribution < 1.29 is 14.3 Å². The fourth-order valence-corrected chi connectivity index (χ4v) is 6.57. The minimum Gasteiger partial charge on any atom is -0.496 e. The number of fused-ring (bicyclic) bond motifs is 6. The quantitative estimate of drug-likeness (QED) is 0.584. The molecule has 172 valence electrons. The molecule has 3 heterocycles. The lowest BCUT2D eigenvalue weighted by Gasteiger charge is -2.26. The van der Waals surface area contributed by atoms with Gasteiger partial charge in [-0.1, -0.05) is 31.7 Å². The number of ether oxygens (including phenoxy) is 2. The molecule has 0 spiro atoms. The van der Waals surface area contributed by atoms with E-state index >= 15 is 0 Å². The molecule has 1 aliphatic heterocycles. The van der Waals surface area contributed by atoms with Gasteiger partial charge in [-0.15, -0.1) is 0 Å². The molecule has 5 heteroatoms. The summed E-state index contributed by atoms with van der Waals surface area (Å²) >= 11 is 0. The number of aromatic nitrogens is 2. The van der Waals surface area contributed by atoms with Crippen molar-refractivity contribution in [3.05, 3.63) is 51.8 Å². The average Bonchev–Trinajstić information content (AvgIpc) is 3.43. The van der Waals surface area contributed by atoms with Crippen LogP contribution in [0.4, 0.5) is 0 Å². The molecular weight excluding hydrogens is 412 g/mol. The molecular formula is C28H32N2O3. The molecule has 2 aliphatic carbocycles. The lowest BCUT2D eigenvalue weighted by atomic mass is 9.82. The molecule has 2 aromatic heterocycles. The number of carbonyl (C=O) groups is 1. The molecule has 0 unspecified atom stereocenters. The maximum absolute atomic E-state index is 12.6. The number of benzene rings is 1. The van der Waals surface area contributed by atoms with E-state index in [2.05, 4.69) is 34.0 Å². The number of hydrogen-bond acceptors (Lipinski definition) is 3. The van der Waals surface area contributed by atoms with Gasteiger partial charge in [-0.05, 0) is 61.3 Å². The minimum atomic E-state index is -0.290. The second-order valence-corrected chi connectivity index (χ2v) is 9.83. The standard InChI is InChI=1S/C28H32N2O3/c1-32-25-13-12-18(17-8-4-3-5-9-17)27-21(25)14-24-19-10-6-7-11-20(19)26-23(16-30(24)27)22(15-29-26)28(31)33-2/h12-17,19,29H,3-11H2,1-2H3/t19-/m1/s1. The van der Waals surface area contributed by atoms with E-state index in [9.17, 15) is 4.79 Å². The molecule has 1 aromatic carbocycles. The fraction of sp³-hybridized carbons (Fsp3) is 0.464. The van der Waals surface area contributed by atoms with E-state index < -0.39 is 0 Å². The van der Waals surface area contributed by atoms with Gasteiger partial charge in [0.15, 0.2) is 0 Å². The summed E-state index contributed by atoms with van der Waals surface area (Å²) in [5.41, 5.74) is 6.03. The SMILES string of the molecule is COC(=O)c1c[nH]c2c1=Cn1c(cc3c(OC)ccc(C4CCCCC4)c31)[C@@H]1CCCCC=21. The molecule has 1 atom stereocenters. The predicted octanol–water partition coefficient (Wildman–Crippen LogP) is 4.92. The number of aromatic amines is 1. The third kappa shape index (κ3) is 3.16. The first-order chi connectivity index (χ1) is 16.2. The first-order valence-electron chi connectivity index (χ1n) is 12.4. The smallest absolute Gasteiger partial charge is 0.340 e. The zero-order valence-corrected chi connectivity index (χ0v) is 19.6. The predicted molar refractivity (Wildman–Crippen MR) is 130 cm³/mol. The highest BCUT2D eigenvalue weighted by Gasteiger charge is 2.31. The second-order valence-electron chi connectivity index (χ2n) is 9.83. The van der Waals surface area contributed by atoms with Gasteiger partial charge >= 0.3 is 5.97 Å². The molecule has 3 aliphatic rings. The first-order valence-corrected chi connectivity index (χ1v) is 12.4. The van der Waals surface area contributed by atoms with Gasteiger partial charge in [0.2, 0.25) is 0 Å². The van der Waals surface area contributed by atoms with E-state index in [1.165, 1.54) is 79.8 Å². The maximum Gasteiger partial charge on any atom is 0.340 e. The number of carbonyl (C=O) groups excluding carboxylic acids is 1. The fourth-order valence-electron chi connectivity index (χ4n) is 6.57. The van der Waals surface area contributed by atoms with Gasteiger partial charge < -0.3 is 19.0 Å². The van der Waals surface area contributed by atoms with Crippen molar-refractivity contribution in [2.24, 2.45) is 0 Å². The zero-order valence-electron chi connectivity index (χ0n) is 19.6. The highest BCUT2D eigenvalue weighted by Crippen LogP contribution is 2.45. The van der Waals surface area contributed by atoms with Gasteiger partial charge in [0, 0.05) is 40.0 Å². The van der Waals surface area contributed by atoms with Crippen LogP contribution in [0.15, 0.2) is 24.4 Å². The number of nitrogens with zero attached hydrogens (tertiary/aromatic N) is 1. The Morgan fingerprint density at radius 1 is 1.06 bits per heavy atom. The zero-order chi connectivity index (χ0) is 22.5. The van der Waals surface area contributed by atoms with Crippen LogP contribution in [0.25, 0.3) is 22.7 Å². The Morgan fingerprint density at radius 3 is 2.67 bits per heavy atom. The highest BCUT2D eigenvalue weighted by atomic mass is 16.5. The number of nitrogens with one attached hydrogen (secondary N) is 1. The summed E-state index contributed by atoms with van der Waals surface area (Å²) in [5.74, 6) is 1.56. The Balaban J connectivity index is 1.70. The highest BCUT2D eigenvalue weighted by molar-refractivity contribution is 5.94. The van der Waals surface area contributed by atoms with Gasteiger partial charge in [-0.25, -0.2) is 4.79 Å². The van der Waals surface area contributed by atoms with E-state index in [1.54, 1.807) is 7.11 Å². The number of rotatable bonds is 3. The summed E-state index contributed by atoms with van der Waals surface area (Å²) in [6.07, 6.45) is 15.0. The lowest BCUT2D eigenvalue weighted by molar-refractivity contribution is 0.0599. The Morgan fingerprint density at radius 2 is 1.88 bits per heavy atom. The van der Waals surface area contributed by atoms with E-state index in [0.29, 0.717) is 17.4 Å². The average molecular weight is 445 g/mol. The summed E-state index contributed by atoms with van der Waals surface area (Å²) in [7, 11) is 3.22. The molecule has 2 fully saturated rings. The molecule has 0 amide bonds. The van der Waals surface area contributed by atoms with Crippen molar-refractivity contribution in [3.63, 3.8) is 0 Å². The van der Waals surface area contributed by atoms with Crippen LogP contribution in [0.3, 0.4) is 0 Å². The molecule has 5 nitrogen and oxygen atoms in total. The monoisotopic (exact) mass is 444 g/mol. The van der Waals surface area contributed by atoms with E-state index in [-0.39, 0.29) is 5.97 Å². The van der Waals surface area contributed by atoms with Crippen LogP contribution in [0, 0.1) is 0 Å². The summed E-state index contributed by atoms with van der Waals surface area (Å²) in [6, 6.07) is 6.80. The summed E-state index contributed by atoms with van der Waals surface area (Å²) < 4.78 is 13.4. The molecule has 0 bridgehead atoms. The second kappa shape index (κ2) is 8.12. The van der Waals surface area contributed by atoms with Crippen molar-refractivity contribution >= 4 is 28.6 Å². The molecule has 0 saturated heterocycles. The van der Waals surface area contributed by atoms with Crippen LogP contribution >= 0.6 is 0 Å². The van der Waals surface area contributed by atoms with Crippen molar-refractivity contribution in [2.45, 2.75) is 69.6 Å². The summed E-state index contributed by atoms with van der Waals surface area (Å²) in [6.45, 7) is 0. The molecule has 3 aromatic rings. The van der Waals surface area contributed by atoms with Crippen molar-refractivity contribution in [1.29, 1.82) is 0 Å². The third-order valence-electron chi connectivity index (χ3n) is 8.16. The Hall–Kier alpha value is -2.95. The molecule has 6 rings (SSSR count). The maximum atomic E-state index is 12.6. The van der Waals surface area contributed by atoms with Crippen LogP contribution in [0.1, 0.15) is 91.2 Å². The Labute approximate surface area is 194 Å². The van der Waals surface area contributed by atoms with Crippen LogP contribution in [-0.4, -0.2) is 29.7 Å². The van der Waals surface area contributed by atoms with Crippen LogP contribution in [0.2, 0.25) is 0 Å². The van der Waals surface area contributed by atoms with Gasteiger partial charge in [-0.3, -0.25) is 0 Å². The topological polar surface area (TPSA) is 56.2 Å². The molecule has 33 heavy (non-hydrogen) atoms. The number of hydrogen-bond donors (Lipinski definition) is 1. The summed E-state index contributed by atoms with van der Waals surface area (Å²) in [5, 5.41) is 3.26. The minimum absolute atomic E-state index is 0.290. The number of methoxy groups -OCH3 is 2. The van der Waals surface area contributed by atoms with Gasteiger partial charge in [0.1, 0.15) is 5.75 Å². The van der Waals surface area contributed by atoms with Crippen molar-refractivity contribution in [3.8, 4) is 5.75 Å². The Bertz CT molecular complexity index is 1350. The van der Waals surface area contributed by atoms with Gasteiger partial charge in [-0.2, -0.15) is 0 Å².